The summed E-state index contributed by atoms with van der Waals surface area (Å²) in [4.78, 5) is 9.01. The van der Waals surface area contributed by atoms with Gasteiger partial charge in [0.05, 0.1) is 43.2 Å². The Labute approximate surface area is 228 Å². The number of benzene rings is 2. The number of anilines is 2. The topological polar surface area (TPSA) is 49.9 Å². The van der Waals surface area contributed by atoms with E-state index in [1.165, 1.54) is 5.57 Å². The number of methoxy groups -OCH3 is 2. The number of rotatable bonds is 5. The predicted molar refractivity (Wildman–Crippen MR) is 155 cm³/mol. The minimum atomic E-state index is -0.283. The number of aromatic nitrogens is 1. The van der Waals surface area contributed by atoms with Gasteiger partial charge < -0.3 is 24.6 Å². The average Bonchev–Trinajstić information content (AvgIpc) is 3.23. The van der Waals surface area contributed by atoms with Crippen LogP contribution in [0.2, 0.25) is 5.02 Å². The Balaban J connectivity index is 1.74. The second-order valence-electron chi connectivity index (χ2n) is 9.97. The van der Waals surface area contributed by atoms with Gasteiger partial charge in [-0.25, -0.2) is 0 Å². The first-order chi connectivity index (χ1) is 17.7. The number of likely N-dealkylation sites (N-methyl/N-ethyl adjacent to an activating group) is 1. The molecule has 3 aromatic rings. The summed E-state index contributed by atoms with van der Waals surface area (Å²) in [5.74, 6) is 1.39. The van der Waals surface area contributed by atoms with Crippen molar-refractivity contribution in [3.8, 4) is 11.5 Å². The molecule has 0 spiro atoms. The van der Waals surface area contributed by atoms with E-state index in [1.807, 2.05) is 36.4 Å². The molecule has 2 aliphatic heterocycles. The Kier molecular flexibility index (Phi) is 6.54. The number of pyridine rings is 1. The molecule has 0 bridgehead atoms. The molecule has 1 saturated heterocycles. The number of halogens is 1. The number of ether oxygens (including phenoxy) is 2. The van der Waals surface area contributed by atoms with Crippen LogP contribution in [0.4, 0.5) is 11.4 Å². The summed E-state index contributed by atoms with van der Waals surface area (Å²) >= 11 is 13.0. The molecule has 0 saturated carbocycles. The molecule has 0 amide bonds. The van der Waals surface area contributed by atoms with Crippen LogP contribution in [-0.2, 0) is 0 Å². The van der Waals surface area contributed by atoms with Gasteiger partial charge in [-0.2, -0.15) is 0 Å². The Morgan fingerprint density at radius 2 is 1.84 bits per heavy atom. The normalized spacial score (nSPS) is 20.3. The molecular formula is C29H31ClN4O2S. The highest BCUT2D eigenvalue weighted by molar-refractivity contribution is 7.80. The molecule has 1 fully saturated rings. The standard InChI is InChI=1S/C29H31ClN4O2S/c1-17-16-29(2,3)33(4)23-15-21(30)20(14-19(17)23)27-26(22-9-7-8-12-31-22)32-28(37)34(27)24-13-18(35-5)10-11-25(24)36-6/h7-16,26-27H,1-6H3,(H,32,37)/t26-,27-/m0/s1. The van der Waals surface area contributed by atoms with Gasteiger partial charge in [-0.05, 0) is 80.5 Å². The van der Waals surface area contributed by atoms with Crippen LogP contribution in [-0.4, -0.2) is 36.9 Å². The van der Waals surface area contributed by atoms with Crippen LogP contribution in [0.1, 0.15) is 49.7 Å². The van der Waals surface area contributed by atoms with E-state index < -0.39 is 0 Å². The summed E-state index contributed by atoms with van der Waals surface area (Å²) in [5.41, 5.74) is 5.97. The molecule has 192 valence electrons. The third-order valence-electron chi connectivity index (χ3n) is 7.40. The summed E-state index contributed by atoms with van der Waals surface area (Å²) in [6.07, 6.45) is 4.09. The van der Waals surface area contributed by atoms with Gasteiger partial charge in [0.1, 0.15) is 11.5 Å². The van der Waals surface area contributed by atoms with Crippen LogP contribution < -0.4 is 24.6 Å². The van der Waals surface area contributed by atoms with Crippen molar-refractivity contribution in [2.45, 2.75) is 38.4 Å². The van der Waals surface area contributed by atoms with E-state index in [-0.39, 0.29) is 17.6 Å². The molecule has 6 nitrogen and oxygen atoms in total. The molecule has 37 heavy (non-hydrogen) atoms. The highest BCUT2D eigenvalue weighted by atomic mass is 35.5. The number of hydrogen-bond donors (Lipinski definition) is 1. The lowest BCUT2D eigenvalue weighted by molar-refractivity contribution is 0.403. The van der Waals surface area contributed by atoms with Crippen LogP contribution in [0.5, 0.6) is 11.5 Å². The first-order valence-electron chi connectivity index (χ1n) is 12.2. The fraction of sp³-hybridized carbons (Fsp3) is 0.310. The SMILES string of the molecule is COc1ccc(OC)c(N2C(=S)N[C@@H](c3ccccn3)[C@@H]2c2cc3c(cc2Cl)N(C)C(C)(C)C=C3C)c1. The number of nitrogens with zero attached hydrogens (tertiary/aromatic N) is 3. The lowest BCUT2D eigenvalue weighted by atomic mass is 9.86. The molecule has 1 aromatic heterocycles. The summed E-state index contributed by atoms with van der Waals surface area (Å²) < 4.78 is 11.3. The summed E-state index contributed by atoms with van der Waals surface area (Å²) in [6.45, 7) is 6.56. The molecule has 3 heterocycles. The van der Waals surface area contributed by atoms with E-state index in [9.17, 15) is 0 Å². The number of thiocarbonyl (C=S) groups is 1. The molecule has 0 radical (unpaired) electrons. The number of nitrogens with one attached hydrogen (secondary N) is 1. The summed E-state index contributed by atoms with van der Waals surface area (Å²) in [6, 6.07) is 15.4. The van der Waals surface area contributed by atoms with Crippen molar-refractivity contribution in [3.05, 3.63) is 82.6 Å². The quantitative estimate of drug-likeness (QED) is 0.372. The van der Waals surface area contributed by atoms with Gasteiger partial charge in [0.2, 0.25) is 0 Å². The van der Waals surface area contributed by atoms with E-state index in [0.717, 1.165) is 28.2 Å². The monoisotopic (exact) mass is 534 g/mol. The molecule has 8 heteroatoms. The van der Waals surface area contributed by atoms with Crippen LogP contribution >= 0.6 is 23.8 Å². The minimum absolute atomic E-state index is 0.116. The van der Waals surface area contributed by atoms with Crippen molar-refractivity contribution in [2.24, 2.45) is 0 Å². The Bertz CT molecular complexity index is 1390. The van der Waals surface area contributed by atoms with E-state index in [2.05, 4.69) is 66.1 Å². The maximum atomic E-state index is 7.11. The van der Waals surface area contributed by atoms with Crippen LogP contribution in [0.3, 0.4) is 0 Å². The fourth-order valence-corrected chi connectivity index (χ4v) is 5.94. The Morgan fingerprint density at radius 3 is 2.51 bits per heavy atom. The third-order valence-corrected chi connectivity index (χ3v) is 8.04. The number of hydrogen-bond acceptors (Lipinski definition) is 5. The Hall–Kier alpha value is -3.29. The Morgan fingerprint density at radius 1 is 1.05 bits per heavy atom. The molecule has 2 atom stereocenters. The minimum Gasteiger partial charge on any atom is -0.497 e. The van der Waals surface area contributed by atoms with E-state index >= 15 is 0 Å². The van der Waals surface area contributed by atoms with E-state index in [1.54, 1.807) is 20.4 Å². The van der Waals surface area contributed by atoms with Gasteiger partial charge in [0.25, 0.3) is 0 Å². The van der Waals surface area contributed by atoms with Crippen molar-refractivity contribution in [1.82, 2.24) is 10.3 Å². The zero-order valence-electron chi connectivity index (χ0n) is 21.9. The second-order valence-corrected chi connectivity index (χ2v) is 10.8. The smallest absolute Gasteiger partial charge is 0.174 e. The molecule has 5 rings (SSSR count). The maximum absolute atomic E-state index is 7.11. The largest absolute Gasteiger partial charge is 0.497 e. The van der Waals surface area contributed by atoms with Gasteiger partial charge in [-0.15, -0.1) is 0 Å². The fourth-order valence-electron chi connectivity index (χ4n) is 5.33. The molecular weight excluding hydrogens is 504 g/mol. The second kappa shape index (κ2) is 9.54. The van der Waals surface area contributed by atoms with E-state index in [4.69, 9.17) is 33.3 Å². The summed E-state index contributed by atoms with van der Waals surface area (Å²) in [5, 5.41) is 4.74. The average molecular weight is 535 g/mol. The van der Waals surface area contributed by atoms with Crippen LogP contribution in [0.25, 0.3) is 5.57 Å². The number of allylic oxidation sites excluding steroid dienone is 1. The first kappa shape index (κ1) is 25.4. The molecule has 2 aliphatic rings. The third kappa shape index (κ3) is 4.30. The zero-order valence-corrected chi connectivity index (χ0v) is 23.4. The molecule has 0 unspecified atom stereocenters. The van der Waals surface area contributed by atoms with Crippen molar-refractivity contribution in [3.63, 3.8) is 0 Å². The highest BCUT2D eigenvalue weighted by Crippen LogP contribution is 2.49. The van der Waals surface area contributed by atoms with Crippen LogP contribution in [0, 0.1) is 0 Å². The molecule has 0 aliphatic carbocycles. The lowest BCUT2D eigenvalue weighted by Crippen LogP contribution is -2.42. The maximum Gasteiger partial charge on any atom is 0.174 e. The highest BCUT2D eigenvalue weighted by Gasteiger charge is 2.43. The lowest BCUT2D eigenvalue weighted by Gasteiger charge is -2.41. The van der Waals surface area contributed by atoms with Crippen LogP contribution in [0.15, 0.2) is 60.8 Å². The van der Waals surface area contributed by atoms with Crippen molar-refractivity contribution in [2.75, 3.05) is 31.1 Å². The predicted octanol–water partition coefficient (Wildman–Crippen LogP) is 6.56. The van der Waals surface area contributed by atoms with Gasteiger partial charge in [-0.1, -0.05) is 23.7 Å². The molecule has 1 N–H and O–H groups in total. The van der Waals surface area contributed by atoms with Gasteiger partial charge in [-0.3, -0.25) is 4.98 Å². The van der Waals surface area contributed by atoms with Crippen molar-refractivity contribution >= 4 is 45.9 Å². The van der Waals surface area contributed by atoms with Gasteiger partial charge in [0.15, 0.2) is 5.11 Å². The van der Waals surface area contributed by atoms with Gasteiger partial charge in [0, 0.05) is 35.6 Å². The first-order valence-corrected chi connectivity index (χ1v) is 12.9. The van der Waals surface area contributed by atoms with Crippen molar-refractivity contribution in [1.29, 1.82) is 0 Å². The zero-order chi connectivity index (χ0) is 26.5. The van der Waals surface area contributed by atoms with Crippen molar-refractivity contribution < 1.29 is 9.47 Å². The number of fused-ring (bicyclic) bond motifs is 1. The summed E-state index contributed by atoms with van der Waals surface area (Å²) in [7, 11) is 5.41. The molecule has 2 aromatic carbocycles. The van der Waals surface area contributed by atoms with Gasteiger partial charge >= 0.3 is 0 Å². The van der Waals surface area contributed by atoms with E-state index in [0.29, 0.717) is 21.6 Å².